The van der Waals surface area contributed by atoms with Crippen molar-refractivity contribution in [3.05, 3.63) is 33.9 Å². The average Bonchev–Trinajstić information content (AvgIpc) is 2.25. The molecule has 0 atom stereocenters. The van der Waals surface area contributed by atoms with Crippen LogP contribution < -0.4 is 5.73 Å². The van der Waals surface area contributed by atoms with E-state index in [4.69, 9.17) is 5.73 Å². The second kappa shape index (κ2) is 5.46. The van der Waals surface area contributed by atoms with Crippen molar-refractivity contribution in [2.24, 2.45) is 0 Å². The molecule has 0 spiro atoms. The van der Waals surface area contributed by atoms with Crippen LogP contribution in [0.4, 0.5) is 11.4 Å². The Bertz CT molecular complexity index is 375. The van der Waals surface area contributed by atoms with Gasteiger partial charge in [0.05, 0.1) is 4.92 Å². The molecule has 5 nitrogen and oxygen atoms in total. The number of nitro groups is 1. The third-order valence-electron chi connectivity index (χ3n) is 2.59. The minimum atomic E-state index is -0.462. The molecule has 2 N–H and O–H groups in total. The van der Waals surface area contributed by atoms with Crippen molar-refractivity contribution in [2.45, 2.75) is 20.4 Å². The number of rotatable bonds is 5. The van der Waals surface area contributed by atoms with Crippen molar-refractivity contribution < 1.29 is 4.92 Å². The van der Waals surface area contributed by atoms with E-state index in [1.807, 2.05) is 0 Å². The first kappa shape index (κ1) is 12.4. The van der Waals surface area contributed by atoms with E-state index in [0.29, 0.717) is 0 Å². The summed E-state index contributed by atoms with van der Waals surface area (Å²) in [6.07, 6.45) is 0. The zero-order chi connectivity index (χ0) is 12.1. The number of nitrogens with two attached hydrogens (primary N) is 1. The Morgan fingerprint density at radius 3 is 2.44 bits per heavy atom. The zero-order valence-corrected chi connectivity index (χ0v) is 9.64. The van der Waals surface area contributed by atoms with Gasteiger partial charge in [-0.2, -0.15) is 0 Å². The van der Waals surface area contributed by atoms with Crippen molar-refractivity contribution >= 4 is 11.4 Å². The van der Waals surface area contributed by atoms with Gasteiger partial charge in [-0.3, -0.25) is 15.0 Å². The summed E-state index contributed by atoms with van der Waals surface area (Å²) in [7, 11) is 0. The molecule has 5 heteroatoms. The van der Waals surface area contributed by atoms with Gasteiger partial charge in [0.25, 0.3) is 5.69 Å². The molecule has 0 aliphatic rings. The first-order valence-electron chi connectivity index (χ1n) is 5.33. The van der Waals surface area contributed by atoms with E-state index in [-0.39, 0.29) is 11.4 Å². The van der Waals surface area contributed by atoms with E-state index >= 15 is 0 Å². The molecule has 0 amide bonds. The maximum absolute atomic E-state index is 10.6. The fourth-order valence-corrected chi connectivity index (χ4v) is 1.57. The standard InChI is InChI=1S/C11H17N3O2/c1-3-13(4-2)8-9-5-6-11(14(15)16)10(12)7-9/h5-7H,3-4,8,12H2,1-2H3. The highest BCUT2D eigenvalue weighted by atomic mass is 16.6. The van der Waals surface area contributed by atoms with Crippen molar-refractivity contribution in [2.75, 3.05) is 18.8 Å². The Labute approximate surface area is 95.0 Å². The molecule has 0 saturated carbocycles. The molecule has 0 heterocycles. The van der Waals surface area contributed by atoms with Crippen LogP contribution in [0, 0.1) is 10.1 Å². The zero-order valence-electron chi connectivity index (χ0n) is 9.64. The van der Waals surface area contributed by atoms with Crippen LogP contribution in [0.25, 0.3) is 0 Å². The fraction of sp³-hybridized carbons (Fsp3) is 0.455. The van der Waals surface area contributed by atoms with Gasteiger partial charge in [-0.25, -0.2) is 0 Å². The first-order chi connectivity index (χ1) is 7.58. The van der Waals surface area contributed by atoms with E-state index < -0.39 is 4.92 Å². The minimum Gasteiger partial charge on any atom is -0.393 e. The lowest BCUT2D eigenvalue weighted by atomic mass is 10.1. The van der Waals surface area contributed by atoms with Gasteiger partial charge in [0.15, 0.2) is 0 Å². The molecule has 0 aliphatic heterocycles. The smallest absolute Gasteiger partial charge is 0.292 e. The van der Waals surface area contributed by atoms with Crippen LogP contribution >= 0.6 is 0 Å². The van der Waals surface area contributed by atoms with E-state index in [2.05, 4.69) is 18.7 Å². The van der Waals surface area contributed by atoms with Gasteiger partial charge in [-0.15, -0.1) is 0 Å². The number of hydrogen-bond acceptors (Lipinski definition) is 4. The van der Waals surface area contributed by atoms with Crippen molar-refractivity contribution in [3.63, 3.8) is 0 Å². The molecule has 0 aromatic heterocycles. The maximum atomic E-state index is 10.6. The van der Waals surface area contributed by atoms with E-state index in [0.717, 1.165) is 25.2 Å². The lowest BCUT2D eigenvalue weighted by Crippen LogP contribution is -2.22. The summed E-state index contributed by atoms with van der Waals surface area (Å²) in [5.74, 6) is 0. The van der Waals surface area contributed by atoms with Gasteiger partial charge in [0.2, 0.25) is 0 Å². The maximum Gasteiger partial charge on any atom is 0.292 e. The fourth-order valence-electron chi connectivity index (χ4n) is 1.57. The van der Waals surface area contributed by atoms with Crippen LogP contribution in [0.3, 0.4) is 0 Å². The predicted molar refractivity (Wildman–Crippen MR) is 64.1 cm³/mol. The Morgan fingerprint density at radius 2 is 2.00 bits per heavy atom. The van der Waals surface area contributed by atoms with Crippen molar-refractivity contribution in [1.29, 1.82) is 0 Å². The quantitative estimate of drug-likeness (QED) is 0.471. The second-order valence-electron chi connectivity index (χ2n) is 3.61. The molecular weight excluding hydrogens is 206 g/mol. The predicted octanol–water partition coefficient (Wildman–Crippen LogP) is 2.02. The molecule has 0 aliphatic carbocycles. The molecule has 88 valence electrons. The van der Waals surface area contributed by atoms with Crippen molar-refractivity contribution in [1.82, 2.24) is 4.90 Å². The van der Waals surface area contributed by atoms with Crippen LogP contribution in [0.15, 0.2) is 18.2 Å². The van der Waals surface area contributed by atoms with Gasteiger partial charge in [0.1, 0.15) is 5.69 Å². The topological polar surface area (TPSA) is 72.4 Å². The summed E-state index contributed by atoms with van der Waals surface area (Å²) >= 11 is 0. The summed E-state index contributed by atoms with van der Waals surface area (Å²) < 4.78 is 0. The monoisotopic (exact) mass is 223 g/mol. The highest BCUT2D eigenvalue weighted by molar-refractivity contribution is 5.59. The molecule has 0 fully saturated rings. The molecule has 0 unspecified atom stereocenters. The van der Waals surface area contributed by atoms with Gasteiger partial charge in [-0.1, -0.05) is 19.9 Å². The summed E-state index contributed by atoms with van der Waals surface area (Å²) in [5.41, 5.74) is 6.83. The summed E-state index contributed by atoms with van der Waals surface area (Å²) in [6.45, 7) is 6.84. The minimum absolute atomic E-state index is 0.0247. The third-order valence-corrected chi connectivity index (χ3v) is 2.59. The van der Waals surface area contributed by atoms with Gasteiger partial charge >= 0.3 is 0 Å². The summed E-state index contributed by atoms with van der Waals surface area (Å²) in [4.78, 5) is 12.3. The molecule has 0 saturated heterocycles. The van der Waals surface area contributed by atoms with E-state index in [1.54, 1.807) is 12.1 Å². The second-order valence-corrected chi connectivity index (χ2v) is 3.61. The molecule has 16 heavy (non-hydrogen) atoms. The van der Waals surface area contributed by atoms with Crippen LogP contribution in [-0.2, 0) is 6.54 Å². The Morgan fingerprint density at radius 1 is 1.38 bits per heavy atom. The van der Waals surface area contributed by atoms with Crippen LogP contribution in [0.2, 0.25) is 0 Å². The first-order valence-corrected chi connectivity index (χ1v) is 5.33. The van der Waals surface area contributed by atoms with Gasteiger partial charge in [0, 0.05) is 12.6 Å². The average molecular weight is 223 g/mol. The van der Waals surface area contributed by atoms with Crippen LogP contribution in [-0.4, -0.2) is 22.9 Å². The Balaban J connectivity index is 2.84. The van der Waals surface area contributed by atoms with Gasteiger partial charge in [-0.05, 0) is 24.7 Å². The number of nitrogen functional groups attached to an aromatic ring is 1. The SMILES string of the molecule is CCN(CC)Cc1ccc([N+](=O)[O-])c(N)c1. The lowest BCUT2D eigenvalue weighted by Gasteiger charge is -2.17. The third kappa shape index (κ3) is 2.93. The molecule has 1 rings (SSSR count). The van der Waals surface area contributed by atoms with Crippen LogP contribution in [0.5, 0.6) is 0 Å². The number of nitrogens with zero attached hydrogens (tertiary/aromatic N) is 2. The lowest BCUT2D eigenvalue weighted by molar-refractivity contribution is -0.383. The molecule has 0 bridgehead atoms. The van der Waals surface area contributed by atoms with E-state index in [9.17, 15) is 10.1 Å². The summed E-state index contributed by atoms with van der Waals surface area (Å²) in [6, 6.07) is 4.90. The number of benzene rings is 1. The molecular formula is C11H17N3O2. The normalized spacial score (nSPS) is 10.7. The molecule has 0 radical (unpaired) electrons. The number of hydrogen-bond donors (Lipinski definition) is 1. The Hall–Kier alpha value is -1.62. The highest BCUT2D eigenvalue weighted by Crippen LogP contribution is 2.22. The van der Waals surface area contributed by atoms with E-state index in [1.165, 1.54) is 6.07 Å². The largest absolute Gasteiger partial charge is 0.393 e. The number of nitro benzene ring substituents is 1. The highest BCUT2D eigenvalue weighted by Gasteiger charge is 2.11. The molecule has 1 aromatic carbocycles. The molecule has 1 aromatic rings. The van der Waals surface area contributed by atoms with Crippen LogP contribution in [0.1, 0.15) is 19.4 Å². The Kier molecular flexibility index (Phi) is 4.25. The van der Waals surface area contributed by atoms with Crippen molar-refractivity contribution in [3.8, 4) is 0 Å². The summed E-state index contributed by atoms with van der Waals surface area (Å²) in [5, 5.41) is 10.6. The van der Waals surface area contributed by atoms with Gasteiger partial charge < -0.3 is 5.73 Å². The number of anilines is 1.